The smallest absolute Gasteiger partial charge is 0.225 e. The fourth-order valence-electron chi connectivity index (χ4n) is 3.73. The second kappa shape index (κ2) is 9.35. The van der Waals surface area contributed by atoms with E-state index in [2.05, 4.69) is 25.4 Å². The summed E-state index contributed by atoms with van der Waals surface area (Å²) in [4.78, 5) is 18.9. The third-order valence-electron chi connectivity index (χ3n) is 5.34. The van der Waals surface area contributed by atoms with E-state index in [9.17, 15) is 4.79 Å². The molecule has 0 radical (unpaired) electrons. The maximum absolute atomic E-state index is 12.6. The van der Waals surface area contributed by atoms with Crippen LogP contribution in [-0.4, -0.2) is 41.3 Å². The highest BCUT2D eigenvalue weighted by atomic mass is 16.5. The van der Waals surface area contributed by atoms with Crippen LogP contribution in [0.1, 0.15) is 18.4 Å². The van der Waals surface area contributed by atoms with E-state index in [-0.39, 0.29) is 11.8 Å². The zero-order valence-corrected chi connectivity index (χ0v) is 17.0. The van der Waals surface area contributed by atoms with Crippen LogP contribution in [-0.2, 0) is 11.3 Å². The molecule has 1 aliphatic heterocycles. The molecule has 7 heteroatoms. The number of amides is 1. The quantitative estimate of drug-likeness (QED) is 0.681. The van der Waals surface area contributed by atoms with Crippen LogP contribution in [0.15, 0.2) is 60.9 Å². The first-order chi connectivity index (χ1) is 14.7. The molecule has 1 unspecified atom stereocenters. The molecule has 1 N–H and O–H groups in total. The highest BCUT2D eigenvalue weighted by Crippen LogP contribution is 2.29. The summed E-state index contributed by atoms with van der Waals surface area (Å²) in [6.45, 7) is 2.01. The maximum Gasteiger partial charge on any atom is 0.225 e. The first-order valence-electron chi connectivity index (χ1n) is 10.1. The molecule has 1 saturated heterocycles. The lowest BCUT2D eigenvalue weighted by atomic mass is 9.97. The van der Waals surface area contributed by atoms with Gasteiger partial charge < -0.3 is 15.0 Å². The highest BCUT2D eigenvalue weighted by Gasteiger charge is 2.26. The van der Waals surface area contributed by atoms with Gasteiger partial charge in [-0.15, -0.1) is 10.2 Å². The molecule has 1 aliphatic rings. The molecule has 4 rings (SSSR count). The van der Waals surface area contributed by atoms with E-state index >= 15 is 0 Å². The number of ether oxygens (including phenoxy) is 1. The number of aromatic nitrogens is 3. The number of carbonyl (C=O) groups excluding carboxylic acids is 1. The second-order valence-corrected chi connectivity index (χ2v) is 7.34. The highest BCUT2D eigenvalue weighted by molar-refractivity contribution is 5.79. The van der Waals surface area contributed by atoms with Gasteiger partial charge in [-0.3, -0.25) is 9.78 Å². The van der Waals surface area contributed by atoms with Crippen molar-refractivity contribution in [1.29, 1.82) is 0 Å². The minimum absolute atomic E-state index is 0.0638. The van der Waals surface area contributed by atoms with Gasteiger partial charge >= 0.3 is 0 Å². The average molecular weight is 403 g/mol. The van der Waals surface area contributed by atoms with Crippen molar-refractivity contribution in [2.45, 2.75) is 19.4 Å². The summed E-state index contributed by atoms with van der Waals surface area (Å²) in [5, 5.41) is 11.8. The summed E-state index contributed by atoms with van der Waals surface area (Å²) in [5.41, 5.74) is 2.67. The first-order valence-corrected chi connectivity index (χ1v) is 10.1. The molecule has 1 atom stereocenters. The Labute approximate surface area is 176 Å². The number of hydrogen-bond donors (Lipinski definition) is 1. The van der Waals surface area contributed by atoms with Gasteiger partial charge in [0, 0.05) is 37.6 Å². The van der Waals surface area contributed by atoms with Crippen LogP contribution in [0.2, 0.25) is 0 Å². The van der Waals surface area contributed by atoms with E-state index in [4.69, 9.17) is 4.74 Å². The Bertz CT molecular complexity index is 978. The summed E-state index contributed by atoms with van der Waals surface area (Å²) in [7, 11) is 1.65. The number of piperidine rings is 1. The SMILES string of the molecule is COc1ccccc1-c1ccc(N2CCCC(C(=O)NCc3cccnc3)C2)nn1. The molecule has 3 aromatic rings. The molecular formula is C23H25N5O2. The van der Waals surface area contributed by atoms with Crippen molar-refractivity contribution in [3.8, 4) is 17.0 Å². The second-order valence-electron chi connectivity index (χ2n) is 7.34. The summed E-state index contributed by atoms with van der Waals surface area (Å²) in [6.07, 6.45) is 5.32. The minimum atomic E-state index is -0.0638. The van der Waals surface area contributed by atoms with Gasteiger partial charge in [-0.1, -0.05) is 18.2 Å². The predicted octanol–water partition coefficient (Wildman–Crippen LogP) is 3.08. The first kappa shape index (κ1) is 19.8. The minimum Gasteiger partial charge on any atom is -0.496 e. The molecule has 3 heterocycles. The summed E-state index contributed by atoms with van der Waals surface area (Å²) < 4.78 is 5.42. The lowest BCUT2D eigenvalue weighted by Gasteiger charge is -2.32. The van der Waals surface area contributed by atoms with Crippen molar-refractivity contribution in [1.82, 2.24) is 20.5 Å². The van der Waals surface area contributed by atoms with Gasteiger partial charge in [0.2, 0.25) is 5.91 Å². The molecule has 1 fully saturated rings. The maximum atomic E-state index is 12.6. The third-order valence-corrected chi connectivity index (χ3v) is 5.34. The van der Waals surface area contributed by atoms with Crippen molar-refractivity contribution in [2.75, 3.05) is 25.1 Å². The van der Waals surface area contributed by atoms with Crippen LogP contribution in [0.5, 0.6) is 5.75 Å². The number of methoxy groups -OCH3 is 1. The standard InChI is InChI=1S/C23H25N5O2/c1-30-21-9-3-2-8-19(21)20-10-11-22(27-26-20)28-13-5-7-18(16-28)23(29)25-15-17-6-4-12-24-14-17/h2-4,6,8-12,14,18H,5,7,13,15-16H2,1H3,(H,25,29). The fraction of sp³-hybridized carbons (Fsp3) is 0.304. The Morgan fingerprint density at radius 2 is 2.07 bits per heavy atom. The van der Waals surface area contributed by atoms with E-state index in [1.807, 2.05) is 48.5 Å². The predicted molar refractivity (Wildman–Crippen MR) is 115 cm³/mol. The van der Waals surface area contributed by atoms with E-state index in [1.165, 1.54) is 0 Å². The van der Waals surface area contributed by atoms with Gasteiger partial charge in [-0.05, 0) is 48.7 Å². The Balaban J connectivity index is 1.40. The van der Waals surface area contributed by atoms with Gasteiger partial charge in [0.05, 0.1) is 18.7 Å². The number of nitrogens with zero attached hydrogens (tertiary/aromatic N) is 4. The molecule has 0 spiro atoms. The van der Waals surface area contributed by atoms with Crippen molar-refractivity contribution < 1.29 is 9.53 Å². The van der Waals surface area contributed by atoms with E-state index in [0.29, 0.717) is 13.1 Å². The zero-order valence-electron chi connectivity index (χ0n) is 17.0. The fourth-order valence-corrected chi connectivity index (χ4v) is 3.73. The molecule has 1 amide bonds. The number of pyridine rings is 1. The van der Waals surface area contributed by atoms with E-state index < -0.39 is 0 Å². The van der Waals surface area contributed by atoms with Crippen LogP contribution < -0.4 is 15.0 Å². The van der Waals surface area contributed by atoms with Crippen LogP contribution in [0.4, 0.5) is 5.82 Å². The molecule has 0 bridgehead atoms. The Hall–Kier alpha value is -3.48. The molecule has 154 valence electrons. The number of anilines is 1. The van der Waals surface area contributed by atoms with Crippen LogP contribution in [0.25, 0.3) is 11.3 Å². The van der Waals surface area contributed by atoms with Gasteiger partial charge in [0.15, 0.2) is 5.82 Å². The molecule has 1 aromatic carbocycles. The number of benzene rings is 1. The number of rotatable bonds is 6. The molecule has 7 nitrogen and oxygen atoms in total. The lowest BCUT2D eigenvalue weighted by molar-refractivity contribution is -0.125. The third kappa shape index (κ3) is 4.56. The van der Waals surface area contributed by atoms with Crippen molar-refractivity contribution in [3.05, 3.63) is 66.5 Å². The van der Waals surface area contributed by atoms with Gasteiger partial charge in [-0.25, -0.2) is 0 Å². The van der Waals surface area contributed by atoms with Gasteiger partial charge in [0.1, 0.15) is 5.75 Å². The topological polar surface area (TPSA) is 80.2 Å². The number of para-hydroxylation sites is 1. The zero-order chi connectivity index (χ0) is 20.8. The Morgan fingerprint density at radius 3 is 2.83 bits per heavy atom. The summed E-state index contributed by atoms with van der Waals surface area (Å²) in [6, 6.07) is 15.5. The number of carbonyl (C=O) groups is 1. The summed E-state index contributed by atoms with van der Waals surface area (Å²) >= 11 is 0. The average Bonchev–Trinajstić information content (AvgIpc) is 2.83. The van der Waals surface area contributed by atoms with Gasteiger partial charge in [0.25, 0.3) is 0 Å². The normalized spacial score (nSPS) is 16.2. The summed E-state index contributed by atoms with van der Waals surface area (Å²) in [5.74, 6) is 1.56. The van der Waals surface area contributed by atoms with Crippen molar-refractivity contribution in [2.24, 2.45) is 5.92 Å². The largest absolute Gasteiger partial charge is 0.496 e. The van der Waals surface area contributed by atoms with Crippen LogP contribution >= 0.6 is 0 Å². The Kier molecular flexibility index (Phi) is 6.17. The van der Waals surface area contributed by atoms with E-state index in [1.54, 1.807) is 19.5 Å². The molecule has 30 heavy (non-hydrogen) atoms. The molecular weight excluding hydrogens is 378 g/mol. The number of hydrogen-bond acceptors (Lipinski definition) is 6. The monoisotopic (exact) mass is 403 g/mol. The molecule has 0 saturated carbocycles. The van der Waals surface area contributed by atoms with Gasteiger partial charge in [-0.2, -0.15) is 0 Å². The Morgan fingerprint density at radius 1 is 1.17 bits per heavy atom. The van der Waals surface area contributed by atoms with Crippen LogP contribution in [0.3, 0.4) is 0 Å². The lowest BCUT2D eigenvalue weighted by Crippen LogP contribution is -2.43. The number of nitrogens with one attached hydrogen (secondary N) is 1. The van der Waals surface area contributed by atoms with Crippen molar-refractivity contribution >= 4 is 11.7 Å². The molecule has 2 aromatic heterocycles. The van der Waals surface area contributed by atoms with Crippen LogP contribution in [0, 0.1) is 5.92 Å². The van der Waals surface area contributed by atoms with Crippen molar-refractivity contribution in [3.63, 3.8) is 0 Å². The van der Waals surface area contributed by atoms with E-state index in [0.717, 1.165) is 47.8 Å². The molecule has 0 aliphatic carbocycles.